The monoisotopic (exact) mass is 249 g/mol. The Bertz CT molecular complexity index is 305. The van der Waals surface area contributed by atoms with Gasteiger partial charge in [-0.1, -0.05) is 38.1 Å². The van der Waals surface area contributed by atoms with Crippen LogP contribution in [0.4, 0.5) is 0 Å². The molecule has 0 unspecified atom stereocenters. The van der Waals surface area contributed by atoms with Crippen LogP contribution in [-0.2, 0) is 11.3 Å². The minimum atomic E-state index is 0.618. The van der Waals surface area contributed by atoms with E-state index in [9.17, 15) is 0 Å². The molecular weight excluding hydrogens is 222 g/mol. The van der Waals surface area contributed by atoms with Crippen molar-refractivity contribution in [1.82, 2.24) is 5.32 Å². The molecule has 0 aliphatic rings. The second-order valence-corrected chi connectivity index (χ2v) is 5.13. The molecule has 0 fully saturated rings. The van der Waals surface area contributed by atoms with Crippen LogP contribution in [-0.4, -0.2) is 20.3 Å². The summed E-state index contributed by atoms with van der Waals surface area (Å²) < 4.78 is 5.03. The highest BCUT2D eigenvalue weighted by molar-refractivity contribution is 5.24. The van der Waals surface area contributed by atoms with Crippen LogP contribution in [0.3, 0.4) is 0 Å². The number of unbranched alkanes of at least 4 members (excludes halogenated alkanes) is 2. The topological polar surface area (TPSA) is 21.3 Å². The number of benzene rings is 1. The van der Waals surface area contributed by atoms with Gasteiger partial charge in [0.05, 0.1) is 0 Å². The molecule has 1 aromatic rings. The van der Waals surface area contributed by atoms with Crippen LogP contribution in [0.25, 0.3) is 0 Å². The first-order valence-electron chi connectivity index (χ1n) is 7.02. The van der Waals surface area contributed by atoms with E-state index in [-0.39, 0.29) is 0 Å². The summed E-state index contributed by atoms with van der Waals surface area (Å²) in [6.07, 6.45) is 3.64. The van der Waals surface area contributed by atoms with E-state index in [1.54, 1.807) is 7.11 Å². The number of hydrogen-bond acceptors (Lipinski definition) is 2. The molecule has 0 saturated heterocycles. The highest BCUT2D eigenvalue weighted by atomic mass is 16.5. The minimum Gasteiger partial charge on any atom is -0.385 e. The van der Waals surface area contributed by atoms with E-state index in [1.165, 1.54) is 30.4 Å². The fourth-order valence-electron chi connectivity index (χ4n) is 1.93. The molecule has 0 bridgehead atoms. The van der Waals surface area contributed by atoms with Crippen molar-refractivity contribution in [3.8, 4) is 0 Å². The number of ether oxygens (including phenoxy) is 1. The van der Waals surface area contributed by atoms with E-state index in [4.69, 9.17) is 4.74 Å². The molecule has 2 nitrogen and oxygen atoms in total. The Hall–Kier alpha value is -0.860. The predicted molar refractivity (Wildman–Crippen MR) is 78.0 cm³/mol. The van der Waals surface area contributed by atoms with Gasteiger partial charge in [0.1, 0.15) is 0 Å². The van der Waals surface area contributed by atoms with Crippen LogP contribution in [0.15, 0.2) is 24.3 Å². The number of nitrogens with one attached hydrogen (secondary N) is 1. The van der Waals surface area contributed by atoms with Crippen molar-refractivity contribution in [2.45, 2.75) is 45.6 Å². The molecule has 0 aromatic heterocycles. The largest absolute Gasteiger partial charge is 0.385 e. The van der Waals surface area contributed by atoms with Crippen LogP contribution in [0.1, 0.15) is 50.2 Å². The van der Waals surface area contributed by atoms with E-state index in [1.807, 2.05) is 0 Å². The van der Waals surface area contributed by atoms with Crippen molar-refractivity contribution < 1.29 is 4.74 Å². The number of hydrogen-bond donors (Lipinski definition) is 1. The quantitative estimate of drug-likeness (QED) is 0.674. The lowest BCUT2D eigenvalue weighted by Crippen LogP contribution is -2.14. The van der Waals surface area contributed by atoms with Crippen molar-refractivity contribution in [3.63, 3.8) is 0 Å². The Morgan fingerprint density at radius 2 is 1.78 bits per heavy atom. The molecule has 1 rings (SSSR count). The lowest BCUT2D eigenvalue weighted by atomic mass is 10.0. The molecule has 0 spiro atoms. The van der Waals surface area contributed by atoms with E-state index < -0.39 is 0 Å². The van der Waals surface area contributed by atoms with Gasteiger partial charge in [0.25, 0.3) is 0 Å². The molecule has 1 aromatic carbocycles. The van der Waals surface area contributed by atoms with Crippen molar-refractivity contribution in [3.05, 3.63) is 35.4 Å². The maximum Gasteiger partial charge on any atom is 0.0462 e. The van der Waals surface area contributed by atoms with Crippen LogP contribution < -0.4 is 5.32 Å². The van der Waals surface area contributed by atoms with Crippen LogP contribution >= 0.6 is 0 Å². The fraction of sp³-hybridized carbons (Fsp3) is 0.625. The average Bonchev–Trinajstić information content (AvgIpc) is 2.38. The van der Waals surface area contributed by atoms with Gasteiger partial charge in [-0.25, -0.2) is 0 Å². The maximum atomic E-state index is 5.03. The molecule has 0 amide bonds. The molecular formula is C16H27NO. The van der Waals surface area contributed by atoms with Gasteiger partial charge < -0.3 is 10.1 Å². The Balaban J connectivity index is 2.12. The SMILES string of the molecule is COCCCCCNCc1ccc(C(C)C)cc1. The van der Waals surface area contributed by atoms with Gasteiger partial charge in [-0.2, -0.15) is 0 Å². The van der Waals surface area contributed by atoms with Gasteiger partial charge in [0.2, 0.25) is 0 Å². The Kier molecular flexibility index (Phi) is 7.70. The standard InChI is InChI=1S/C16H27NO/c1-14(2)16-9-7-15(8-10-16)13-17-11-5-4-6-12-18-3/h7-10,14,17H,4-6,11-13H2,1-3H3. The first-order chi connectivity index (χ1) is 8.74. The molecule has 0 saturated carbocycles. The fourth-order valence-corrected chi connectivity index (χ4v) is 1.93. The summed E-state index contributed by atoms with van der Waals surface area (Å²) in [5.74, 6) is 0.618. The smallest absolute Gasteiger partial charge is 0.0462 e. The van der Waals surface area contributed by atoms with Crippen molar-refractivity contribution in [2.75, 3.05) is 20.3 Å². The molecule has 0 aliphatic carbocycles. The first kappa shape index (κ1) is 15.2. The van der Waals surface area contributed by atoms with Crippen molar-refractivity contribution in [2.24, 2.45) is 0 Å². The lowest BCUT2D eigenvalue weighted by molar-refractivity contribution is 0.192. The molecule has 18 heavy (non-hydrogen) atoms. The van der Waals surface area contributed by atoms with E-state index in [0.29, 0.717) is 5.92 Å². The van der Waals surface area contributed by atoms with Gasteiger partial charge in [0.15, 0.2) is 0 Å². The zero-order chi connectivity index (χ0) is 13.2. The first-order valence-corrected chi connectivity index (χ1v) is 7.02. The summed E-state index contributed by atoms with van der Waals surface area (Å²) in [4.78, 5) is 0. The number of rotatable bonds is 9. The van der Waals surface area contributed by atoms with Crippen LogP contribution in [0.5, 0.6) is 0 Å². The van der Waals surface area contributed by atoms with Gasteiger partial charge in [-0.3, -0.25) is 0 Å². The predicted octanol–water partition coefficient (Wildman–Crippen LogP) is 3.72. The molecule has 0 heterocycles. The molecule has 102 valence electrons. The Morgan fingerprint density at radius 1 is 1.06 bits per heavy atom. The van der Waals surface area contributed by atoms with E-state index in [0.717, 1.165) is 19.7 Å². The Labute approximate surface area is 112 Å². The molecule has 0 radical (unpaired) electrons. The van der Waals surface area contributed by atoms with Crippen LogP contribution in [0.2, 0.25) is 0 Å². The highest BCUT2D eigenvalue weighted by Crippen LogP contribution is 2.14. The highest BCUT2D eigenvalue weighted by Gasteiger charge is 1.98. The Morgan fingerprint density at radius 3 is 2.39 bits per heavy atom. The summed E-state index contributed by atoms with van der Waals surface area (Å²) in [6.45, 7) is 7.41. The lowest BCUT2D eigenvalue weighted by Gasteiger charge is -2.08. The zero-order valence-electron chi connectivity index (χ0n) is 12.0. The summed E-state index contributed by atoms with van der Waals surface area (Å²) in [7, 11) is 1.76. The zero-order valence-corrected chi connectivity index (χ0v) is 12.0. The molecule has 1 N–H and O–H groups in total. The maximum absolute atomic E-state index is 5.03. The van der Waals surface area contributed by atoms with Gasteiger partial charge in [-0.15, -0.1) is 0 Å². The summed E-state index contributed by atoms with van der Waals surface area (Å²) in [5, 5.41) is 3.49. The second kappa shape index (κ2) is 9.12. The van der Waals surface area contributed by atoms with E-state index >= 15 is 0 Å². The van der Waals surface area contributed by atoms with Crippen LogP contribution in [0, 0.1) is 0 Å². The number of methoxy groups -OCH3 is 1. The third-order valence-electron chi connectivity index (χ3n) is 3.18. The molecule has 0 atom stereocenters. The minimum absolute atomic E-state index is 0.618. The molecule has 0 aliphatic heterocycles. The van der Waals surface area contributed by atoms with Gasteiger partial charge in [0, 0.05) is 20.3 Å². The average molecular weight is 249 g/mol. The summed E-state index contributed by atoms with van der Waals surface area (Å²) in [6, 6.07) is 8.93. The van der Waals surface area contributed by atoms with E-state index in [2.05, 4.69) is 43.4 Å². The summed E-state index contributed by atoms with van der Waals surface area (Å²) >= 11 is 0. The third kappa shape index (κ3) is 6.18. The van der Waals surface area contributed by atoms with Crippen molar-refractivity contribution in [1.29, 1.82) is 0 Å². The normalized spacial score (nSPS) is 11.1. The second-order valence-electron chi connectivity index (χ2n) is 5.13. The van der Waals surface area contributed by atoms with Crippen molar-refractivity contribution >= 4 is 0 Å². The molecule has 2 heteroatoms. The third-order valence-corrected chi connectivity index (χ3v) is 3.18. The van der Waals surface area contributed by atoms with Gasteiger partial charge in [-0.05, 0) is 42.9 Å². The summed E-state index contributed by atoms with van der Waals surface area (Å²) in [5.41, 5.74) is 2.79. The van der Waals surface area contributed by atoms with Gasteiger partial charge >= 0.3 is 0 Å².